The van der Waals surface area contributed by atoms with E-state index in [2.05, 4.69) is 10.1 Å². The van der Waals surface area contributed by atoms with Gasteiger partial charge in [-0.15, -0.1) is 0 Å². The SMILES string of the molecule is COC(=O)[C@H](NC(C)=O)[C@@H](OC(C)=O)c1ccccc1[N+](=O)[O-]. The fraction of sp³-hybridized carbons (Fsp3) is 0.357. The largest absolute Gasteiger partial charge is 0.467 e. The third-order valence-electron chi connectivity index (χ3n) is 2.85. The Bertz CT molecular complexity index is 629. The second-order valence-electron chi connectivity index (χ2n) is 4.55. The highest BCUT2D eigenvalue weighted by molar-refractivity contribution is 5.84. The summed E-state index contributed by atoms with van der Waals surface area (Å²) in [6.45, 7) is 2.24. The van der Waals surface area contributed by atoms with Crippen LogP contribution in [0.5, 0.6) is 0 Å². The molecule has 1 amide bonds. The topological polar surface area (TPSA) is 125 Å². The van der Waals surface area contributed by atoms with E-state index in [1.54, 1.807) is 0 Å². The molecule has 124 valence electrons. The predicted molar refractivity (Wildman–Crippen MR) is 77.2 cm³/mol. The number of nitro benzene ring substituents is 1. The van der Waals surface area contributed by atoms with Gasteiger partial charge in [-0.05, 0) is 6.07 Å². The lowest BCUT2D eigenvalue weighted by Crippen LogP contribution is -2.46. The van der Waals surface area contributed by atoms with Crippen LogP contribution in [0.4, 0.5) is 5.69 Å². The van der Waals surface area contributed by atoms with Crippen LogP contribution in [0, 0.1) is 10.1 Å². The summed E-state index contributed by atoms with van der Waals surface area (Å²) in [5.74, 6) is -2.26. The van der Waals surface area contributed by atoms with Crippen LogP contribution >= 0.6 is 0 Å². The standard InChI is InChI=1S/C14H16N2O7/c1-8(17)15-12(14(19)22-3)13(23-9(2)18)10-6-4-5-7-11(10)16(20)21/h4-7,12-13H,1-3H3,(H,15,17)/t12-,13+/m1/s1. The molecule has 0 bridgehead atoms. The Morgan fingerprint density at radius 2 is 1.83 bits per heavy atom. The molecule has 2 atom stereocenters. The van der Waals surface area contributed by atoms with Crippen LogP contribution in [-0.2, 0) is 23.9 Å². The molecule has 0 spiro atoms. The van der Waals surface area contributed by atoms with Crippen molar-refractivity contribution in [1.82, 2.24) is 5.32 Å². The fourth-order valence-electron chi connectivity index (χ4n) is 1.99. The van der Waals surface area contributed by atoms with Crippen molar-refractivity contribution >= 4 is 23.5 Å². The van der Waals surface area contributed by atoms with Gasteiger partial charge in [0, 0.05) is 19.9 Å². The van der Waals surface area contributed by atoms with E-state index in [-0.39, 0.29) is 11.3 Å². The zero-order chi connectivity index (χ0) is 17.6. The number of nitrogens with zero attached hydrogens (tertiary/aromatic N) is 1. The summed E-state index contributed by atoms with van der Waals surface area (Å²) in [5, 5.41) is 13.4. The maximum Gasteiger partial charge on any atom is 0.332 e. The summed E-state index contributed by atoms with van der Waals surface area (Å²) < 4.78 is 9.64. The molecule has 1 aromatic carbocycles. The van der Waals surface area contributed by atoms with Crippen LogP contribution < -0.4 is 5.32 Å². The maximum absolute atomic E-state index is 11.9. The lowest BCUT2D eigenvalue weighted by molar-refractivity contribution is -0.386. The van der Waals surface area contributed by atoms with Crippen molar-refractivity contribution in [2.45, 2.75) is 26.0 Å². The van der Waals surface area contributed by atoms with Crippen molar-refractivity contribution in [3.8, 4) is 0 Å². The zero-order valence-corrected chi connectivity index (χ0v) is 12.8. The van der Waals surface area contributed by atoms with Crippen molar-refractivity contribution < 1.29 is 28.8 Å². The monoisotopic (exact) mass is 324 g/mol. The molecule has 23 heavy (non-hydrogen) atoms. The Hall–Kier alpha value is -2.97. The molecule has 0 saturated carbocycles. The van der Waals surface area contributed by atoms with E-state index >= 15 is 0 Å². The summed E-state index contributed by atoms with van der Waals surface area (Å²) in [4.78, 5) is 45.1. The predicted octanol–water partition coefficient (Wildman–Crippen LogP) is 0.877. The van der Waals surface area contributed by atoms with Gasteiger partial charge in [-0.3, -0.25) is 19.7 Å². The van der Waals surface area contributed by atoms with Gasteiger partial charge in [0.25, 0.3) is 5.69 Å². The Morgan fingerprint density at radius 3 is 2.30 bits per heavy atom. The van der Waals surface area contributed by atoms with Gasteiger partial charge >= 0.3 is 11.9 Å². The molecule has 0 heterocycles. The van der Waals surface area contributed by atoms with E-state index in [9.17, 15) is 24.5 Å². The fourth-order valence-corrected chi connectivity index (χ4v) is 1.99. The van der Waals surface area contributed by atoms with Gasteiger partial charge in [0.1, 0.15) is 0 Å². The Labute approximate surface area is 131 Å². The molecule has 1 rings (SSSR count). The van der Waals surface area contributed by atoms with Crippen LogP contribution in [0.3, 0.4) is 0 Å². The van der Waals surface area contributed by atoms with Crippen LogP contribution in [-0.4, -0.2) is 35.9 Å². The maximum atomic E-state index is 11.9. The minimum atomic E-state index is -1.41. The van der Waals surface area contributed by atoms with E-state index in [1.807, 2.05) is 0 Å². The van der Waals surface area contributed by atoms with Crippen molar-refractivity contribution in [3.63, 3.8) is 0 Å². The molecule has 0 fully saturated rings. The van der Waals surface area contributed by atoms with E-state index in [4.69, 9.17) is 4.74 Å². The van der Waals surface area contributed by atoms with Crippen molar-refractivity contribution in [3.05, 3.63) is 39.9 Å². The summed E-state index contributed by atoms with van der Waals surface area (Å²) in [6, 6.07) is 4.04. The molecule has 9 nitrogen and oxygen atoms in total. The highest BCUT2D eigenvalue weighted by atomic mass is 16.6. The number of methoxy groups -OCH3 is 1. The van der Waals surface area contributed by atoms with E-state index in [1.165, 1.54) is 24.3 Å². The summed E-state index contributed by atoms with van der Waals surface area (Å²) in [7, 11) is 1.08. The Balaban J connectivity index is 3.42. The lowest BCUT2D eigenvalue weighted by Gasteiger charge is -2.25. The highest BCUT2D eigenvalue weighted by Crippen LogP contribution is 2.30. The number of rotatable bonds is 6. The second kappa shape index (κ2) is 7.87. The number of nitrogens with one attached hydrogen (secondary N) is 1. The first-order chi connectivity index (χ1) is 10.8. The second-order valence-corrected chi connectivity index (χ2v) is 4.55. The number of ether oxygens (including phenoxy) is 2. The first-order valence-corrected chi connectivity index (χ1v) is 6.53. The normalized spacial score (nSPS) is 12.7. The molecular weight excluding hydrogens is 308 g/mol. The quantitative estimate of drug-likeness (QED) is 0.467. The molecule has 9 heteroatoms. The molecule has 0 aliphatic carbocycles. The first-order valence-electron chi connectivity index (χ1n) is 6.53. The van der Waals surface area contributed by atoms with E-state index < -0.39 is 34.9 Å². The summed E-state index contributed by atoms with van der Waals surface area (Å²) in [6.07, 6.45) is -1.40. The zero-order valence-electron chi connectivity index (χ0n) is 12.8. The summed E-state index contributed by atoms with van der Waals surface area (Å²) in [5.41, 5.74) is -0.380. The number of carbonyl (C=O) groups is 3. The van der Waals surface area contributed by atoms with Gasteiger partial charge in [0.15, 0.2) is 12.1 Å². The smallest absolute Gasteiger partial charge is 0.332 e. The van der Waals surface area contributed by atoms with E-state index in [0.29, 0.717) is 0 Å². The molecule has 1 aromatic rings. The number of carbonyl (C=O) groups excluding carboxylic acids is 3. The minimum absolute atomic E-state index is 0.0307. The number of hydrogen-bond acceptors (Lipinski definition) is 7. The molecule has 0 saturated heterocycles. The third-order valence-corrected chi connectivity index (χ3v) is 2.85. The molecule has 0 unspecified atom stereocenters. The van der Waals surface area contributed by atoms with Gasteiger partial charge in [0.05, 0.1) is 17.6 Å². The van der Waals surface area contributed by atoms with Crippen molar-refractivity contribution in [2.24, 2.45) is 0 Å². The van der Waals surface area contributed by atoms with Crippen molar-refractivity contribution in [2.75, 3.05) is 7.11 Å². The summed E-state index contributed by atoms with van der Waals surface area (Å²) >= 11 is 0. The Morgan fingerprint density at radius 1 is 1.22 bits per heavy atom. The van der Waals surface area contributed by atoms with E-state index in [0.717, 1.165) is 21.0 Å². The van der Waals surface area contributed by atoms with Crippen LogP contribution in [0.1, 0.15) is 25.5 Å². The van der Waals surface area contributed by atoms with Crippen LogP contribution in [0.15, 0.2) is 24.3 Å². The van der Waals surface area contributed by atoms with Crippen LogP contribution in [0.2, 0.25) is 0 Å². The lowest BCUT2D eigenvalue weighted by atomic mass is 10.00. The number of esters is 2. The Kier molecular flexibility index (Phi) is 6.19. The number of benzene rings is 1. The average Bonchev–Trinajstić information content (AvgIpc) is 2.49. The number of para-hydroxylation sites is 1. The average molecular weight is 324 g/mol. The van der Waals surface area contributed by atoms with Gasteiger partial charge in [0.2, 0.25) is 5.91 Å². The molecular formula is C14H16N2O7. The van der Waals surface area contributed by atoms with Gasteiger partial charge in [-0.1, -0.05) is 12.1 Å². The first kappa shape index (κ1) is 18.1. The molecule has 0 aliphatic rings. The minimum Gasteiger partial charge on any atom is -0.467 e. The van der Waals surface area contributed by atoms with Gasteiger partial charge in [-0.25, -0.2) is 4.79 Å². The number of amides is 1. The molecule has 0 aliphatic heterocycles. The van der Waals surface area contributed by atoms with Gasteiger partial charge < -0.3 is 14.8 Å². The molecule has 0 radical (unpaired) electrons. The number of hydrogen-bond donors (Lipinski definition) is 1. The van der Waals surface area contributed by atoms with Crippen molar-refractivity contribution in [1.29, 1.82) is 0 Å². The van der Waals surface area contributed by atoms with Crippen LogP contribution in [0.25, 0.3) is 0 Å². The molecule has 1 N–H and O–H groups in total. The van der Waals surface area contributed by atoms with Gasteiger partial charge in [-0.2, -0.15) is 0 Å². The third kappa shape index (κ3) is 4.77. The molecule has 0 aromatic heterocycles. The number of nitro groups is 1. The highest BCUT2D eigenvalue weighted by Gasteiger charge is 2.37.